The van der Waals surface area contributed by atoms with Crippen LogP contribution in [0.2, 0.25) is 0 Å². The number of allylic oxidation sites excluding steroid dienone is 1. The first-order chi connectivity index (χ1) is 7.45. The molecule has 0 aromatic rings. The van der Waals surface area contributed by atoms with E-state index < -0.39 is 0 Å². The van der Waals surface area contributed by atoms with E-state index >= 15 is 0 Å². The molecule has 0 saturated carbocycles. The summed E-state index contributed by atoms with van der Waals surface area (Å²) >= 11 is 0. The number of unbranched alkanes of at least 4 members (excludes halogenated alkanes) is 5. The summed E-state index contributed by atoms with van der Waals surface area (Å²) in [5, 5.41) is 0. The number of carbonyl (C=O) groups excluding carboxylic acids is 1. The molecule has 2 nitrogen and oxygen atoms in total. The molecule has 0 fully saturated rings. The number of ether oxygens (including phenoxy) is 1. The Morgan fingerprint density at radius 1 is 1.12 bits per heavy atom. The second-order valence-corrected chi connectivity index (χ2v) is 5.14. The van der Waals surface area contributed by atoms with E-state index in [2.05, 4.69) is 6.92 Å². The van der Waals surface area contributed by atoms with Crippen molar-refractivity contribution in [2.75, 3.05) is 0 Å². The molecule has 0 heterocycles. The van der Waals surface area contributed by atoms with Crippen LogP contribution >= 0.6 is 0 Å². The van der Waals surface area contributed by atoms with Gasteiger partial charge in [-0.15, -0.1) is 0 Å². The molecule has 0 saturated heterocycles. The van der Waals surface area contributed by atoms with Gasteiger partial charge >= 0.3 is 5.97 Å². The van der Waals surface area contributed by atoms with E-state index in [9.17, 15) is 4.79 Å². The van der Waals surface area contributed by atoms with Gasteiger partial charge in [-0.05, 0) is 33.6 Å². The molecule has 94 valence electrons. The highest BCUT2D eigenvalue weighted by Gasteiger charge is 2.13. The van der Waals surface area contributed by atoms with Crippen LogP contribution in [0.25, 0.3) is 0 Å². The van der Waals surface area contributed by atoms with Gasteiger partial charge in [0.15, 0.2) is 0 Å². The van der Waals surface area contributed by atoms with Gasteiger partial charge in [0.05, 0.1) is 0 Å². The molecule has 2 heteroatoms. The van der Waals surface area contributed by atoms with Gasteiger partial charge in [0.2, 0.25) is 0 Å². The molecule has 0 atom stereocenters. The molecule has 0 N–H and O–H groups in total. The minimum Gasteiger partial charge on any atom is -0.457 e. The van der Waals surface area contributed by atoms with E-state index in [1.165, 1.54) is 32.1 Å². The molecular weight excluding hydrogens is 200 g/mol. The van der Waals surface area contributed by atoms with Gasteiger partial charge < -0.3 is 4.74 Å². The maximum Gasteiger partial charge on any atom is 0.330 e. The average molecular weight is 226 g/mol. The topological polar surface area (TPSA) is 26.3 Å². The molecule has 0 amide bonds. The largest absolute Gasteiger partial charge is 0.457 e. The summed E-state index contributed by atoms with van der Waals surface area (Å²) in [5.41, 5.74) is -0.386. The number of carbonyl (C=O) groups is 1. The van der Waals surface area contributed by atoms with Crippen molar-refractivity contribution in [1.82, 2.24) is 0 Å². The van der Waals surface area contributed by atoms with Crippen LogP contribution in [0, 0.1) is 0 Å². The van der Waals surface area contributed by atoms with Crippen LogP contribution in [0.5, 0.6) is 0 Å². The standard InChI is InChI=1S/C14H26O2/c1-5-6-7-8-9-10-11-12-13(15)16-14(2,3)4/h11-12H,5-10H2,1-4H3. The van der Waals surface area contributed by atoms with Crippen molar-refractivity contribution < 1.29 is 9.53 Å². The van der Waals surface area contributed by atoms with Crippen molar-refractivity contribution in [1.29, 1.82) is 0 Å². The summed E-state index contributed by atoms with van der Waals surface area (Å²) in [6, 6.07) is 0. The molecular formula is C14H26O2. The Balaban J connectivity index is 3.49. The molecule has 0 aliphatic carbocycles. The third kappa shape index (κ3) is 11.3. The molecule has 0 aliphatic rings. The van der Waals surface area contributed by atoms with E-state index in [1.54, 1.807) is 6.08 Å². The van der Waals surface area contributed by atoms with Gasteiger partial charge in [0.25, 0.3) is 0 Å². The fourth-order valence-corrected chi connectivity index (χ4v) is 1.38. The average Bonchev–Trinajstić information content (AvgIpc) is 2.13. The Hall–Kier alpha value is -0.790. The zero-order valence-corrected chi connectivity index (χ0v) is 11.2. The summed E-state index contributed by atoms with van der Waals surface area (Å²) < 4.78 is 5.16. The van der Waals surface area contributed by atoms with E-state index in [0.717, 1.165) is 6.42 Å². The van der Waals surface area contributed by atoms with E-state index in [0.29, 0.717) is 0 Å². The highest BCUT2D eigenvalue weighted by Crippen LogP contribution is 2.08. The molecule has 0 aromatic carbocycles. The third-order valence-corrected chi connectivity index (χ3v) is 2.14. The first-order valence-electron chi connectivity index (χ1n) is 6.35. The van der Waals surface area contributed by atoms with Crippen LogP contribution in [0.3, 0.4) is 0 Å². The monoisotopic (exact) mass is 226 g/mol. The second kappa shape index (κ2) is 8.37. The van der Waals surface area contributed by atoms with Crippen LogP contribution < -0.4 is 0 Å². The normalized spacial score (nSPS) is 12.0. The Kier molecular flexibility index (Phi) is 7.96. The Morgan fingerprint density at radius 3 is 2.31 bits per heavy atom. The van der Waals surface area contributed by atoms with Gasteiger partial charge in [-0.1, -0.05) is 38.7 Å². The number of esters is 1. The minimum atomic E-state index is -0.386. The third-order valence-electron chi connectivity index (χ3n) is 2.14. The molecule has 0 radical (unpaired) electrons. The van der Waals surface area contributed by atoms with Crippen molar-refractivity contribution in [2.45, 2.75) is 71.8 Å². The Bertz CT molecular complexity index is 211. The lowest BCUT2D eigenvalue weighted by Gasteiger charge is -2.17. The highest BCUT2D eigenvalue weighted by molar-refractivity contribution is 5.82. The second-order valence-electron chi connectivity index (χ2n) is 5.14. The smallest absolute Gasteiger partial charge is 0.330 e. The van der Waals surface area contributed by atoms with Gasteiger partial charge in [-0.25, -0.2) is 4.79 Å². The van der Waals surface area contributed by atoms with Gasteiger partial charge in [-0.3, -0.25) is 0 Å². The lowest BCUT2D eigenvalue weighted by molar-refractivity contribution is -0.148. The molecule has 0 rings (SSSR count). The van der Waals surface area contributed by atoms with Crippen LogP contribution in [0.4, 0.5) is 0 Å². The maximum atomic E-state index is 11.3. The predicted molar refractivity (Wildman–Crippen MR) is 68.4 cm³/mol. The van der Waals surface area contributed by atoms with E-state index in [1.807, 2.05) is 26.8 Å². The maximum absolute atomic E-state index is 11.3. The summed E-state index contributed by atoms with van der Waals surface area (Å²) in [7, 11) is 0. The first kappa shape index (κ1) is 15.2. The quantitative estimate of drug-likeness (QED) is 0.368. The van der Waals surface area contributed by atoms with Crippen molar-refractivity contribution in [2.24, 2.45) is 0 Å². The molecule has 0 spiro atoms. The van der Waals surface area contributed by atoms with Crippen LogP contribution in [0.15, 0.2) is 12.2 Å². The lowest BCUT2D eigenvalue weighted by atomic mass is 10.1. The number of rotatable bonds is 7. The SMILES string of the molecule is CCCCCCCC=CC(=O)OC(C)(C)C. The van der Waals surface area contributed by atoms with Crippen molar-refractivity contribution >= 4 is 5.97 Å². The zero-order valence-electron chi connectivity index (χ0n) is 11.2. The fraction of sp³-hybridized carbons (Fsp3) is 0.786. The van der Waals surface area contributed by atoms with Crippen LogP contribution in [-0.2, 0) is 9.53 Å². The van der Waals surface area contributed by atoms with Crippen LogP contribution in [-0.4, -0.2) is 11.6 Å². The summed E-state index contributed by atoms with van der Waals surface area (Å²) in [5.74, 6) is -0.235. The van der Waals surface area contributed by atoms with Crippen molar-refractivity contribution in [3.8, 4) is 0 Å². The highest BCUT2D eigenvalue weighted by atomic mass is 16.6. The molecule has 16 heavy (non-hydrogen) atoms. The summed E-state index contributed by atoms with van der Waals surface area (Å²) in [4.78, 5) is 11.3. The van der Waals surface area contributed by atoms with Gasteiger partial charge in [-0.2, -0.15) is 0 Å². The van der Waals surface area contributed by atoms with Crippen molar-refractivity contribution in [3.63, 3.8) is 0 Å². The van der Waals surface area contributed by atoms with Gasteiger partial charge in [0.1, 0.15) is 5.60 Å². The summed E-state index contributed by atoms with van der Waals surface area (Å²) in [6.07, 6.45) is 10.8. The molecule has 0 aromatic heterocycles. The van der Waals surface area contributed by atoms with Gasteiger partial charge in [0, 0.05) is 6.08 Å². The zero-order chi connectivity index (χ0) is 12.4. The molecule has 0 bridgehead atoms. The Morgan fingerprint density at radius 2 is 1.75 bits per heavy atom. The lowest BCUT2D eigenvalue weighted by Crippen LogP contribution is -2.22. The predicted octanol–water partition coefficient (Wildman–Crippen LogP) is 4.24. The fourth-order valence-electron chi connectivity index (χ4n) is 1.38. The first-order valence-corrected chi connectivity index (χ1v) is 6.35. The minimum absolute atomic E-state index is 0.235. The Labute approximate surface area is 100 Å². The molecule has 0 unspecified atom stereocenters. The van der Waals surface area contributed by atoms with E-state index in [-0.39, 0.29) is 11.6 Å². The van der Waals surface area contributed by atoms with Crippen LogP contribution in [0.1, 0.15) is 66.2 Å². The van der Waals surface area contributed by atoms with Crippen molar-refractivity contribution in [3.05, 3.63) is 12.2 Å². The summed E-state index contributed by atoms with van der Waals surface area (Å²) in [6.45, 7) is 7.85. The molecule has 0 aliphatic heterocycles. The number of hydrogen-bond donors (Lipinski definition) is 0. The number of hydrogen-bond acceptors (Lipinski definition) is 2. The van der Waals surface area contributed by atoms with E-state index in [4.69, 9.17) is 4.74 Å².